The summed E-state index contributed by atoms with van der Waals surface area (Å²) in [6, 6.07) is 7.61. The molecule has 0 amide bonds. The lowest BCUT2D eigenvalue weighted by Crippen LogP contribution is -2.26. The molecule has 1 atom stereocenters. The molecule has 0 saturated carbocycles. The standard InChI is InChI=1S/C18H27N3O2/c1-6-15(18(22)23-12-13(2)3)21-16-10-8-7-9-14(16)19-17(21)11-20(4)5/h7-10,13,15H,6,11-12H2,1-5H3. The van der Waals surface area contributed by atoms with Gasteiger partial charge in [-0.05, 0) is 38.6 Å². The second-order valence-corrected chi connectivity index (χ2v) is 6.57. The van der Waals surface area contributed by atoms with Gasteiger partial charge in [0.05, 0.1) is 24.2 Å². The van der Waals surface area contributed by atoms with Gasteiger partial charge in [0.2, 0.25) is 0 Å². The number of hydrogen-bond donors (Lipinski definition) is 0. The summed E-state index contributed by atoms with van der Waals surface area (Å²) in [4.78, 5) is 19.3. The number of carbonyl (C=O) groups excluding carboxylic acids is 1. The Morgan fingerprint density at radius 3 is 2.61 bits per heavy atom. The van der Waals surface area contributed by atoms with Crippen LogP contribution >= 0.6 is 0 Å². The third-order valence-corrected chi connectivity index (χ3v) is 3.66. The van der Waals surface area contributed by atoms with Crippen LogP contribution in [0.2, 0.25) is 0 Å². The Morgan fingerprint density at radius 2 is 2.00 bits per heavy atom. The lowest BCUT2D eigenvalue weighted by Gasteiger charge is -2.21. The van der Waals surface area contributed by atoms with Crippen LogP contribution in [-0.2, 0) is 16.1 Å². The largest absolute Gasteiger partial charge is 0.464 e. The first-order chi connectivity index (χ1) is 10.9. The Kier molecular flexibility index (Phi) is 5.77. The van der Waals surface area contributed by atoms with Gasteiger partial charge in [0.1, 0.15) is 11.9 Å². The summed E-state index contributed by atoms with van der Waals surface area (Å²) in [6.45, 7) is 7.22. The Balaban J connectivity index is 2.42. The molecule has 5 heteroatoms. The first-order valence-electron chi connectivity index (χ1n) is 8.21. The van der Waals surface area contributed by atoms with Crippen molar-refractivity contribution in [2.45, 2.75) is 39.8 Å². The van der Waals surface area contributed by atoms with Gasteiger partial charge in [0.25, 0.3) is 0 Å². The van der Waals surface area contributed by atoms with E-state index in [4.69, 9.17) is 9.72 Å². The average Bonchev–Trinajstić information content (AvgIpc) is 2.83. The third kappa shape index (κ3) is 4.10. The molecule has 5 nitrogen and oxygen atoms in total. The van der Waals surface area contributed by atoms with Gasteiger partial charge in [0, 0.05) is 0 Å². The lowest BCUT2D eigenvalue weighted by atomic mass is 10.2. The van der Waals surface area contributed by atoms with E-state index in [9.17, 15) is 4.79 Å². The molecule has 1 unspecified atom stereocenters. The zero-order valence-corrected chi connectivity index (χ0v) is 14.7. The summed E-state index contributed by atoms with van der Waals surface area (Å²) in [5.74, 6) is 1.05. The molecule has 0 aliphatic rings. The number of aromatic nitrogens is 2. The second-order valence-electron chi connectivity index (χ2n) is 6.57. The van der Waals surface area contributed by atoms with E-state index < -0.39 is 0 Å². The highest BCUT2D eigenvalue weighted by molar-refractivity contribution is 5.81. The molecule has 126 valence electrons. The van der Waals surface area contributed by atoms with Crippen LogP contribution < -0.4 is 0 Å². The SMILES string of the molecule is CCC(C(=O)OCC(C)C)n1c(CN(C)C)nc2ccccc21. The van der Waals surface area contributed by atoms with Crippen molar-refractivity contribution < 1.29 is 9.53 Å². The minimum Gasteiger partial charge on any atom is -0.464 e. The van der Waals surface area contributed by atoms with Crippen molar-refractivity contribution in [3.05, 3.63) is 30.1 Å². The highest BCUT2D eigenvalue weighted by Gasteiger charge is 2.25. The van der Waals surface area contributed by atoms with Gasteiger partial charge in [0.15, 0.2) is 0 Å². The van der Waals surface area contributed by atoms with E-state index in [1.54, 1.807) is 0 Å². The minimum absolute atomic E-state index is 0.177. The van der Waals surface area contributed by atoms with Gasteiger partial charge >= 0.3 is 5.97 Å². The van der Waals surface area contributed by atoms with Gasteiger partial charge in [-0.3, -0.25) is 0 Å². The first-order valence-corrected chi connectivity index (χ1v) is 8.21. The summed E-state index contributed by atoms with van der Waals surface area (Å²) < 4.78 is 7.53. The van der Waals surface area contributed by atoms with Crippen molar-refractivity contribution in [1.82, 2.24) is 14.5 Å². The van der Waals surface area contributed by atoms with Crippen molar-refractivity contribution >= 4 is 17.0 Å². The first kappa shape index (κ1) is 17.5. The van der Waals surface area contributed by atoms with Gasteiger partial charge in [-0.1, -0.05) is 32.9 Å². The topological polar surface area (TPSA) is 47.4 Å². The van der Waals surface area contributed by atoms with Crippen molar-refractivity contribution in [2.75, 3.05) is 20.7 Å². The van der Waals surface area contributed by atoms with Crippen molar-refractivity contribution in [3.63, 3.8) is 0 Å². The van der Waals surface area contributed by atoms with E-state index >= 15 is 0 Å². The van der Waals surface area contributed by atoms with E-state index in [2.05, 4.69) is 4.90 Å². The van der Waals surface area contributed by atoms with Crippen LogP contribution in [0.15, 0.2) is 24.3 Å². The predicted octanol–water partition coefficient (Wildman–Crippen LogP) is 3.25. The Morgan fingerprint density at radius 1 is 1.30 bits per heavy atom. The summed E-state index contributed by atoms with van der Waals surface area (Å²) >= 11 is 0. The predicted molar refractivity (Wildman–Crippen MR) is 92.2 cm³/mol. The van der Waals surface area contributed by atoms with Gasteiger partial charge < -0.3 is 14.2 Å². The maximum atomic E-state index is 12.6. The molecular formula is C18H27N3O2. The maximum Gasteiger partial charge on any atom is 0.329 e. The Hall–Kier alpha value is -1.88. The fourth-order valence-electron chi connectivity index (χ4n) is 2.64. The maximum absolute atomic E-state index is 12.6. The number of nitrogens with zero attached hydrogens (tertiary/aromatic N) is 3. The molecule has 0 spiro atoms. The number of para-hydroxylation sites is 2. The molecule has 0 saturated heterocycles. The van der Waals surface area contributed by atoms with Crippen LogP contribution in [0.3, 0.4) is 0 Å². The molecule has 23 heavy (non-hydrogen) atoms. The smallest absolute Gasteiger partial charge is 0.329 e. The third-order valence-electron chi connectivity index (χ3n) is 3.66. The second kappa shape index (κ2) is 7.59. The van der Waals surface area contributed by atoms with Gasteiger partial charge in [-0.2, -0.15) is 0 Å². The molecule has 0 fully saturated rings. The average molecular weight is 317 g/mol. The number of rotatable bonds is 7. The normalized spacial score (nSPS) is 13.0. The molecule has 1 aromatic heterocycles. The number of carbonyl (C=O) groups is 1. The lowest BCUT2D eigenvalue weighted by molar-refractivity contribution is -0.148. The number of fused-ring (bicyclic) bond motifs is 1. The molecule has 0 aliphatic carbocycles. The fourth-order valence-corrected chi connectivity index (χ4v) is 2.64. The number of esters is 1. The fraction of sp³-hybridized carbons (Fsp3) is 0.556. The molecule has 0 radical (unpaired) electrons. The molecule has 2 aromatic rings. The van der Waals surface area contributed by atoms with E-state index in [1.165, 1.54) is 0 Å². The van der Waals surface area contributed by atoms with Crippen molar-refractivity contribution in [2.24, 2.45) is 5.92 Å². The van der Waals surface area contributed by atoms with Crippen LogP contribution in [0, 0.1) is 5.92 Å². The van der Waals surface area contributed by atoms with E-state index in [-0.39, 0.29) is 12.0 Å². The highest BCUT2D eigenvalue weighted by atomic mass is 16.5. The van der Waals surface area contributed by atoms with Crippen molar-refractivity contribution in [1.29, 1.82) is 0 Å². The van der Waals surface area contributed by atoms with Crippen LogP contribution in [0.5, 0.6) is 0 Å². The molecule has 0 aliphatic heterocycles. The van der Waals surface area contributed by atoms with Crippen LogP contribution in [-0.4, -0.2) is 41.1 Å². The Labute approximate surface area is 138 Å². The number of ether oxygens (including phenoxy) is 1. The van der Waals surface area contributed by atoms with E-state index in [0.717, 1.165) is 16.9 Å². The number of hydrogen-bond acceptors (Lipinski definition) is 4. The summed E-state index contributed by atoms with van der Waals surface area (Å²) in [5, 5.41) is 0. The summed E-state index contributed by atoms with van der Waals surface area (Å²) in [5.41, 5.74) is 1.90. The van der Waals surface area contributed by atoms with Gasteiger partial charge in [-0.15, -0.1) is 0 Å². The Bertz CT molecular complexity index is 661. The van der Waals surface area contributed by atoms with E-state index in [1.807, 2.05) is 63.7 Å². The molecule has 0 bridgehead atoms. The summed E-state index contributed by atoms with van der Waals surface area (Å²) in [6.07, 6.45) is 0.678. The van der Waals surface area contributed by atoms with Crippen LogP contribution in [0.25, 0.3) is 11.0 Å². The zero-order chi connectivity index (χ0) is 17.0. The monoisotopic (exact) mass is 317 g/mol. The minimum atomic E-state index is -0.337. The van der Waals surface area contributed by atoms with Gasteiger partial charge in [-0.25, -0.2) is 9.78 Å². The van der Waals surface area contributed by atoms with Crippen LogP contribution in [0.1, 0.15) is 39.1 Å². The molecule has 2 rings (SSSR count). The molecule has 0 N–H and O–H groups in total. The molecule has 1 heterocycles. The van der Waals surface area contributed by atoms with Crippen molar-refractivity contribution in [3.8, 4) is 0 Å². The van der Waals surface area contributed by atoms with Crippen LogP contribution in [0.4, 0.5) is 0 Å². The molecule has 1 aromatic carbocycles. The quantitative estimate of drug-likeness (QED) is 0.736. The zero-order valence-electron chi connectivity index (χ0n) is 14.7. The number of imidazole rings is 1. The highest BCUT2D eigenvalue weighted by Crippen LogP contribution is 2.25. The molecular weight excluding hydrogens is 290 g/mol. The number of benzene rings is 1. The van der Waals surface area contributed by atoms with E-state index in [0.29, 0.717) is 25.5 Å². The summed E-state index contributed by atoms with van der Waals surface area (Å²) in [7, 11) is 4.00.